The van der Waals surface area contributed by atoms with Crippen molar-refractivity contribution >= 4 is 23.6 Å². The minimum absolute atomic E-state index is 0.0217. The molecule has 0 rings (SSSR count). The van der Waals surface area contributed by atoms with E-state index in [0.29, 0.717) is 6.54 Å². The van der Waals surface area contributed by atoms with E-state index in [4.69, 9.17) is 9.84 Å². The molecule has 0 aliphatic rings. The number of ether oxygens (including phenoxy) is 1. The molecule has 8 heteroatoms. The minimum Gasteiger partial charge on any atom is -0.480 e. The van der Waals surface area contributed by atoms with Gasteiger partial charge < -0.3 is 25.3 Å². The molecule has 0 saturated heterocycles. The van der Waals surface area contributed by atoms with Crippen molar-refractivity contribution in [2.75, 3.05) is 19.8 Å². The number of carbonyl (C=O) groups excluding carboxylic acids is 3. The Morgan fingerprint density at radius 3 is 2.32 bits per heavy atom. The SMILES string of the molecule is CCCCNC(=O)COCC(=O)N[C@@H](CCC(C)=O)C(=O)O. The molecule has 3 N–H and O–H groups in total. The average Bonchev–Trinajstić information content (AvgIpc) is 2.43. The van der Waals surface area contributed by atoms with Crippen molar-refractivity contribution in [1.82, 2.24) is 10.6 Å². The fraction of sp³-hybridized carbons (Fsp3) is 0.714. The summed E-state index contributed by atoms with van der Waals surface area (Å²) in [5, 5.41) is 13.8. The first-order chi connectivity index (χ1) is 10.4. The van der Waals surface area contributed by atoms with Gasteiger partial charge >= 0.3 is 5.97 Å². The molecule has 0 aliphatic carbocycles. The number of amides is 2. The van der Waals surface area contributed by atoms with Gasteiger partial charge in [-0.05, 0) is 19.8 Å². The quantitative estimate of drug-likeness (QED) is 0.431. The first-order valence-corrected chi connectivity index (χ1v) is 7.22. The van der Waals surface area contributed by atoms with Gasteiger partial charge in [-0.15, -0.1) is 0 Å². The molecule has 0 aromatic rings. The van der Waals surface area contributed by atoms with Crippen molar-refractivity contribution in [2.45, 2.75) is 45.6 Å². The third kappa shape index (κ3) is 10.8. The number of rotatable bonds is 12. The summed E-state index contributed by atoms with van der Waals surface area (Å²) in [5.41, 5.74) is 0. The lowest BCUT2D eigenvalue weighted by Crippen LogP contribution is -2.43. The van der Waals surface area contributed by atoms with Crippen molar-refractivity contribution in [3.8, 4) is 0 Å². The molecule has 0 unspecified atom stereocenters. The van der Waals surface area contributed by atoms with Gasteiger partial charge in [0.1, 0.15) is 25.0 Å². The highest BCUT2D eigenvalue weighted by atomic mass is 16.5. The second kappa shape index (κ2) is 11.7. The van der Waals surface area contributed by atoms with Gasteiger partial charge in [0.25, 0.3) is 0 Å². The smallest absolute Gasteiger partial charge is 0.326 e. The van der Waals surface area contributed by atoms with Crippen LogP contribution in [0.4, 0.5) is 0 Å². The topological polar surface area (TPSA) is 122 Å². The van der Waals surface area contributed by atoms with E-state index in [0.717, 1.165) is 12.8 Å². The maximum absolute atomic E-state index is 11.5. The molecule has 2 amide bonds. The monoisotopic (exact) mass is 316 g/mol. The van der Waals surface area contributed by atoms with Crippen molar-refractivity contribution in [1.29, 1.82) is 0 Å². The summed E-state index contributed by atoms with van der Waals surface area (Å²) < 4.78 is 4.91. The minimum atomic E-state index is -1.22. The van der Waals surface area contributed by atoms with Crippen molar-refractivity contribution in [3.63, 3.8) is 0 Å². The van der Waals surface area contributed by atoms with Crippen LogP contribution < -0.4 is 10.6 Å². The Balaban J connectivity index is 3.96. The molecule has 0 heterocycles. The van der Waals surface area contributed by atoms with Crippen LogP contribution in [0, 0.1) is 0 Å². The van der Waals surface area contributed by atoms with Crippen LogP contribution in [0.1, 0.15) is 39.5 Å². The molecule has 0 aliphatic heterocycles. The maximum atomic E-state index is 11.5. The van der Waals surface area contributed by atoms with E-state index < -0.39 is 24.5 Å². The van der Waals surface area contributed by atoms with E-state index in [-0.39, 0.29) is 31.1 Å². The molecule has 22 heavy (non-hydrogen) atoms. The standard InChI is InChI=1S/C14H24N2O6/c1-3-4-7-15-12(18)8-22-9-13(19)16-11(14(20)21)6-5-10(2)17/h11H,3-9H2,1-2H3,(H,15,18)(H,16,19)(H,20,21)/t11-/m0/s1. The molecule has 1 atom stereocenters. The summed E-state index contributed by atoms with van der Waals surface area (Å²) >= 11 is 0. The predicted octanol–water partition coefficient (Wildman–Crippen LogP) is -0.142. The summed E-state index contributed by atoms with van der Waals surface area (Å²) in [4.78, 5) is 44.6. The zero-order valence-corrected chi connectivity index (χ0v) is 13.0. The Labute approximate surface area is 129 Å². The molecular weight excluding hydrogens is 292 g/mol. The summed E-state index contributed by atoms with van der Waals surface area (Å²) in [7, 11) is 0. The van der Waals surface area contributed by atoms with Gasteiger partial charge in [0.05, 0.1) is 0 Å². The summed E-state index contributed by atoms with van der Waals surface area (Å²) in [6.07, 6.45) is 1.91. The number of Topliss-reactive ketones (excluding diaryl/α,β-unsaturated/α-hetero) is 1. The highest BCUT2D eigenvalue weighted by Gasteiger charge is 2.20. The van der Waals surface area contributed by atoms with Gasteiger partial charge in [0, 0.05) is 13.0 Å². The Morgan fingerprint density at radius 2 is 1.77 bits per heavy atom. The van der Waals surface area contributed by atoms with Gasteiger partial charge in [-0.25, -0.2) is 4.79 Å². The second-order valence-corrected chi connectivity index (χ2v) is 4.90. The lowest BCUT2D eigenvalue weighted by atomic mass is 10.1. The molecule has 0 bridgehead atoms. The van der Waals surface area contributed by atoms with Gasteiger partial charge in [-0.3, -0.25) is 9.59 Å². The number of ketones is 1. The Kier molecular flexibility index (Phi) is 10.6. The van der Waals surface area contributed by atoms with Crippen LogP contribution in [0.5, 0.6) is 0 Å². The number of nitrogens with one attached hydrogen (secondary N) is 2. The fourth-order valence-electron chi connectivity index (χ4n) is 1.53. The molecule has 0 saturated carbocycles. The fourth-order valence-corrected chi connectivity index (χ4v) is 1.53. The van der Waals surface area contributed by atoms with Gasteiger partial charge in [0.2, 0.25) is 11.8 Å². The van der Waals surface area contributed by atoms with Crippen molar-refractivity contribution < 1.29 is 29.0 Å². The van der Waals surface area contributed by atoms with E-state index in [1.807, 2.05) is 6.92 Å². The molecule has 126 valence electrons. The third-order valence-electron chi connectivity index (χ3n) is 2.74. The lowest BCUT2D eigenvalue weighted by Gasteiger charge is -2.13. The largest absolute Gasteiger partial charge is 0.480 e. The van der Waals surface area contributed by atoms with E-state index in [9.17, 15) is 19.2 Å². The number of hydrogen-bond donors (Lipinski definition) is 3. The highest BCUT2D eigenvalue weighted by Crippen LogP contribution is 1.99. The van der Waals surface area contributed by atoms with E-state index in [1.54, 1.807) is 0 Å². The molecular formula is C14H24N2O6. The predicted molar refractivity (Wildman–Crippen MR) is 78.2 cm³/mol. The number of carbonyl (C=O) groups is 4. The van der Waals surface area contributed by atoms with E-state index in [1.165, 1.54) is 6.92 Å². The molecule has 0 spiro atoms. The summed E-state index contributed by atoms with van der Waals surface area (Å²) in [6.45, 7) is 3.23. The molecule has 0 aromatic carbocycles. The average molecular weight is 316 g/mol. The van der Waals surface area contributed by atoms with Gasteiger partial charge in [-0.1, -0.05) is 13.3 Å². The highest BCUT2D eigenvalue weighted by molar-refractivity contribution is 5.85. The Bertz CT molecular complexity index is 397. The van der Waals surface area contributed by atoms with Crippen LogP contribution in [0.2, 0.25) is 0 Å². The van der Waals surface area contributed by atoms with Crippen LogP contribution in [-0.2, 0) is 23.9 Å². The maximum Gasteiger partial charge on any atom is 0.326 e. The van der Waals surface area contributed by atoms with Crippen LogP contribution in [0.25, 0.3) is 0 Å². The normalized spacial score (nSPS) is 11.5. The van der Waals surface area contributed by atoms with Crippen LogP contribution >= 0.6 is 0 Å². The summed E-state index contributed by atoms with van der Waals surface area (Å²) in [5.74, 6) is -2.34. The Hall–Kier alpha value is -1.96. The van der Waals surface area contributed by atoms with Gasteiger partial charge in [0.15, 0.2) is 0 Å². The number of carboxylic acid groups (broad SMARTS) is 1. The molecule has 0 aromatic heterocycles. The van der Waals surface area contributed by atoms with Crippen molar-refractivity contribution in [3.05, 3.63) is 0 Å². The molecule has 8 nitrogen and oxygen atoms in total. The number of carboxylic acids is 1. The number of aliphatic carboxylic acids is 1. The zero-order chi connectivity index (χ0) is 17.0. The van der Waals surface area contributed by atoms with Crippen LogP contribution in [-0.4, -0.2) is 54.5 Å². The third-order valence-corrected chi connectivity index (χ3v) is 2.74. The molecule has 0 radical (unpaired) electrons. The summed E-state index contributed by atoms with van der Waals surface area (Å²) in [6, 6.07) is -1.14. The van der Waals surface area contributed by atoms with E-state index in [2.05, 4.69) is 10.6 Å². The van der Waals surface area contributed by atoms with Crippen LogP contribution in [0.15, 0.2) is 0 Å². The van der Waals surface area contributed by atoms with Gasteiger partial charge in [-0.2, -0.15) is 0 Å². The van der Waals surface area contributed by atoms with Crippen molar-refractivity contribution in [2.24, 2.45) is 0 Å². The first kappa shape index (κ1) is 20.0. The zero-order valence-electron chi connectivity index (χ0n) is 13.0. The number of hydrogen-bond acceptors (Lipinski definition) is 5. The molecule has 0 fully saturated rings. The number of unbranched alkanes of at least 4 members (excludes halogenated alkanes) is 1. The lowest BCUT2D eigenvalue weighted by molar-refractivity contribution is -0.143. The van der Waals surface area contributed by atoms with Crippen LogP contribution in [0.3, 0.4) is 0 Å². The Morgan fingerprint density at radius 1 is 1.14 bits per heavy atom. The second-order valence-electron chi connectivity index (χ2n) is 4.90. The first-order valence-electron chi connectivity index (χ1n) is 7.22. The van der Waals surface area contributed by atoms with E-state index >= 15 is 0 Å².